The fraction of sp³-hybridized carbons (Fsp3) is 0.733. The second-order valence-corrected chi connectivity index (χ2v) is 12.8. The largest absolute Gasteiger partial charge is 0.509 e. The average Bonchev–Trinajstić information content (AvgIpc) is 3.10. The minimum absolute atomic E-state index is 0.0857. The Bertz CT molecular complexity index is 1100. The maximum Gasteiger partial charge on any atom is 0.509 e. The highest BCUT2D eigenvalue weighted by atomic mass is 35.5. The average molecular weight is 565 g/mol. The molecule has 4 rings (SSSR count). The van der Waals surface area contributed by atoms with Gasteiger partial charge in [0.05, 0.1) is 17.6 Å². The van der Waals surface area contributed by atoms with E-state index in [1.807, 2.05) is 33.8 Å². The number of hydrogen-bond donors (Lipinski definition) is 1. The van der Waals surface area contributed by atoms with Gasteiger partial charge in [-0.25, -0.2) is 4.79 Å². The van der Waals surface area contributed by atoms with Crippen molar-refractivity contribution in [2.75, 3.05) is 13.2 Å². The summed E-state index contributed by atoms with van der Waals surface area (Å²) < 4.78 is 16.6. The molecule has 0 aromatic carbocycles. The molecule has 1 unspecified atom stereocenters. The number of Topliss-reactive ketones (excluding diaryl/α,β-unsaturated/α-hetero) is 1. The number of alkyl halides is 1. The summed E-state index contributed by atoms with van der Waals surface area (Å²) in [4.78, 5) is 50.0. The van der Waals surface area contributed by atoms with Gasteiger partial charge in [0, 0.05) is 23.2 Å². The van der Waals surface area contributed by atoms with Gasteiger partial charge in [-0.2, -0.15) is 0 Å². The highest BCUT2D eigenvalue weighted by Crippen LogP contribution is 2.72. The van der Waals surface area contributed by atoms with Crippen LogP contribution < -0.4 is 0 Å². The van der Waals surface area contributed by atoms with Crippen molar-refractivity contribution in [3.8, 4) is 0 Å². The third-order valence-corrected chi connectivity index (χ3v) is 11.1. The molecule has 0 spiro atoms. The fourth-order valence-corrected chi connectivity index (χ4v) is 8.74. The van der Waals surface area contributed by atoms with Gasteiger partial charge in [0.2, 0.25) is 5.78 Å². The molecule has 4 aliphatic rings. The van der Waals surface area contributed by atoms with Gasteiger partial charge in [0.25, 0.3) is 0 Å². The molecule has 1 N–H and O–H groups in total. The number of fused-ring (bicyclic) bond motifs is 5. The molecule has 0 amide bonds. The maximum absolute atomic E-state index is 14.0. The number of esters is 1. The number of carbonyl (C=O) groups is 4. The molecule has 39 heavy (non-hydrogen) atoms. The highest BCUT2D eigenvalue weighted by molar-refractivity contribution is 6.26. The van der Waals surface area contributed by atoms with Crippen LogP contribution in [0.3, 0.4) is 0 Å². The van der Waals surface area contributed by atoms with Crippen LogP contribution in [0.1, 0.15) is 79.6 Å². The second-order valence-electron chi connectivity index (χ2n) is 12.1. The summed E-state index contributed by atoms with van der Waals surface area (Å²) in [7, 11) is 0. The van der Waals surface area contributed by atoms with Crippen LogP contribution in [0.2, 0.25) is 0 Å². The van der Waals surface area contributed by atoms with Crippen molar-refractivity contribution >= 4 is 35.3 Å². The Morgan fingerprint density at radius 3 is 2.54 bits per heavy atom. The SMILES string of the molecule is CCCCOC(=O)O[C@]1(C(=O)COC(=O)CC)[C@H](C)C[C@H]2[C@@H]3CCC4=CC(=O)C=C[C@]4(C)[C@@]3(Cl)C(O)C[C@@]21C. The zero-order chi connectivity index (χ0) is 28.8. The van der Waals surface area contributed by atoms with E-state index in [1.54, 1.807) is 13.0 Å². The zero-order valence-electron chi connectivity index (χ0n) is 23.6. The Labute approximate surface area is 235 Å². The molecule has 4 aliphatic carbocycles. The normalized spacial score (nSPS) is 40.6. The molecule has 8 nitrogen and oxygen atoms in total. The number of carbonyl (C=O) groups excluding carboxylic acids is 4. The zero-order valence-corrected chi connectivity index (χ0v) is 24.3. The number of aliphatic hydroxyl groups is 1. The van der Waals surface area contributed by atoms with Gasteiger partial charge in [0.15, 0.2) is 18.0 Å². The Kier molecular flexibility index (Phi) is 8.14. The van der Waals surface area contributed by atoms with Crippen LogP contribution in [0, 0.1) is 28.6 Å². The molecule has 8 atom stereocenters. The minimum atomic E-state index is -1.68. The third-order valence-electron chi connectivity index (χ3n) is 10.2. The first-order chi connectivity index (χ1) is 18.3. The Balaban J connectivity index is 1.76. The van der Waals surface area contributed by atoms with Crippen LogP contribution in [0.4, 0.5) is 4.79 Å². The minimum Gasteiger partial charge on any atom is -0.457 e. The number of ketones is 2. The van der Waals surface area contributed by atoms with E-state index in [0.717, 1.165) is 12.0 Å². The summed E-state index contributed by atoms with van der Waals surface area (Å²) in [5.74, 6) is -2.01. The molecule has 0 heterocycles. The van der Waals surface area contributed by atoms with Crippen molar-refractivity contribution < 1.29 is 38.5 Å². The van der Waals surface area contributed by atoms with E-state index in [9.17, 15) is 24.3 Å². The number of aliphatic hydroxyl groups excluding tert-OH is 1. The number of halogens is 1. The second kappa shape index (κ2) is 10.7. The monoisotopic (exact) mass is 564 g/mol. The van der Waals surface area contributed by atoms with Crippen LogP contribution in [-0.2, 0) is 28.6 Å². The molecule has 0 saturated heterocycles. The van der Waals surface area contributed by atoms with Crippen molar-refractivity contribution in [3.63, 3.8) is 0 Å². The van der Waals surface area contributed by atoms with Crippen LogP contribution in [-0.4, -0.2) is 58.6 Å². The van der Waals surface area contributed by atoms with Crippen molar-refractivity contribution in [3.05, 3.63) is 23.8 Å². The summed E-state index contributed by atoms with van der Waals surface area (Å²) >= 11 is 7.51. The first kappa shape index (κ1) is 29.8. The molecular formula is C30H41ClO8. The number of unbranched alkanes of at least 4 members (excludes halogenated alkanes) is 1. The third kappa shape index (κ3) is 4.37. The number of ether oxygens (including phenoxy) is 3. The summed E-state index contributed by atoms with van der Waals surface area (Å²) in [6, 6.07) is 0. The van der Waals surface area contributed by atoms with Gasteiger partial charge in [0.1, 0.15) is 0 Å². The lowest BCUT2D eigenvalue weighted by Gasteiger charge is -2.64. The van der Waals surface area contributed by atoms with Gasteiger partial charge < -0.3 is 19.3 Å². The number of rotatable bonds is 8. The van der Waals surface area contributed by atoms with Crippen molar-refractivity contribution in [2.24, 2.45) is 28.6 Å². The predicted molar refractivity (Wildman–Crippen MR) is 144 cm³/mol. The van der Waals surface area contributed by atoms with Crippen molar-refractivity contribution in [1.29, 1.82) is 0 Å². The fourth-order valence-electron chi connectivity index (χ4n) is 8.21. The molecule has 3 saturated carbocycles. The van der Waals surface area contributed by atoms with E-state index in [1.165, 1.54) is 6.08 Å². The predicted octanol–water partition coefficient (Wildman–Crippen LogP) is 5.09. The van der Waals surface area contributed by atoms with Gasteiger partial charge >= 0.3 is 12.1 Å². The lowest BCUT2D eigenvalue weighted by molar-refractivity contribution is -0.187. The summed E-state index contributed by atoms with van der Waals surface area (Å²) in [6.45, 7) is 8.94. The van der Waals surface area contributed by atoms with E-state index in [4.69, 9.17) is 25.8 Å². The van der Waals surface area contributed by atoms with Gasteiger partial charge in [-0.05, 0) is 56.1 Å². The van der Waals surface area contributed by atoms with Gasteiger partial charge in [-0.3, -0.25) is 14.4 Å². The topological polar surface area (TPSA) is 116 Å². The van der Waals surface area contributed by atoms with E-state index in [-0.39, 0.29) is 37.1 Å². The Morgan fingerprint density at radius 1 is 1.15 bits per heavy atom. The van der Waals surface area contributed by atoms with E-state index < -0.39 is 57.8 Å². The van der Waals surface area contributed by atoms with E-state index >= 15 is 0 Å². The van der Waals surface area contributed by atoms with Crippen molar-refractivity contribution in [1.82, 2.24) is 0 Å². The quantitative estimate of drug-likeness (QED) is 0.246. The molecule has 3 fully saturated rings. The number of allylic oxidation sites excluding steroid dienone is 4. The maximum atomic E-state index is 14.0. The molecule has 0 bridgehead atoms. The van der Waals surface area contributed by atoms with Crippen LogP contribution in [0.25, 0.3) is 0 Å². The summed E-state index contributed by atoms with van der Waals surface area (Å²) in [5, 5.41) is 11.9. The smallest absolute Gasteiger partial charge is 0.457 e. The summed E-state index contributed by atoms with van der Waals surface area (Å²) in [5.41, 5.74) is -2.52. The van der Waals surface area contributed by atoms with Gasteiger partial charge in [-0.1, -0.05) is 52.7 Å². The Hall–Kier alpha value is -2.19. The first-order valence-electron chi connectivity index (χ1n) is 14.2. The van der Waals surface area contributed by atoms with Crippen molar-refractivity contribution in [2.45, 2.75) is 96.1 Å². The van der Waals surface area contributed by atoms with E-state index in [0.29, 0.717) is 25.7 Å². The molecule has 0 aromatic heterocycles. The molecular weight excluding hydrogens is 524 g/mol. The van der Waals surface area contributed by atoms with E-state index in [2.05, 4.69) is 0 Å². The van der Waals surface area contributed by atoms with Crippen LogP contribution in [0.15, 0.2) is 23.8 Å². The highest BCUT2D eigenvalue weighted by Gasteiger charge is 2.76. The standard InChI is InChI=1S/C30H41ClO8/c1-6-8-13-37-26(36)39-30(24(34)17-38-25(35)7-2)18(3)14-22-21-10-9-19-15-20(32)11-12-27(19,4)29(21,31)23(33)16-28(22,30)5/h11-12,15,18,21-23,33H,6-10,13-14,16-17H2,1-5H3/t18-,21+,22+,23?,27+,28+,29+,30+/m1/s1. The molecule has 216 valence electrons. The van der Waals surface area contributed by atoms with Gasteiger partial charge in [-0.15, -0.1) is 11.6 Å². The molecule has 0 radical (unpaired) electrons. The molecule has 0 aromatic rings. The first-order valence-corrected chi connectivity index (χ1v) is 14.6. The molecule has 0 aliphatic heterocycles. The summed E-state index contributed by atoms with van der Waals surface area (Å²) in [6.07, 6.45) is 6.38. The van der Waals surface area contributed by atoms with Crippen LogP contribution >= 0.6 is 11.6 Å². The number of hydrogen-bond acceptors (Lipinski definition) is 8. The lowest BCUT2D eigenvalue weighted by atomic mass is 9.45. The molecule has 9 heteroatoms. The Morgan fingerprint density at radius 2 is 1.87 bits per heavy atom. The lowest BCUT2D eigenvalue weighted by Crippen LogP contribution is -2.69. The van der Waals surface area contributed by atoms with Crippen LogP contribution in [0.5, 0.6) is 0 Å².